The van der Waals surface area contributed by atoms with Gasteiger partial charge < -0.3 is 10.1 Å². The van der Waals surface area contributed by atoms with Crippen molar-refractivity contribution in [2.24, 2.45) is 7.05 Å². The normalized spacial score (nSPS) is 12.5. The van der Waals surface area contributed by atoms with Gasteiger partial charge in [-0.3, -0.25) is 4.68 Å². The molecular formula is C14H18FN3O. The van der Waals surface area contributed by atoms with Crippen molar-refractivity contribution in [3.63, 3.8) is 0 Å². The van der Waals surface area contributed by atoms with Crippen molar-refractivity contribution in [1.29, 1.82) is 0 Å². The molecule has 0 fully saturated rings. The second kappa shape index (κ2) is 5.40. The van der Waals surface area contributed by atoms with Crippen molar-refractivity contribution >= 4 is 0 Å². The minimum Gasteiger partial charge on any atom is -0.493 e. The van der Waals surface area contributed by atoms with Crippen LogP contribution in [0.3, 0.4) is 0 Å². The lowest BCUT2D eigenvalue weighted by atomic mass is 9.98. The Bertz CT molecular complexity index is 580. The maximum Gasteiger partial charge on any atom is 0.161 e. The van der Waals surface area contributed by atoms with Crippen LogP contribution >= 0.6 is 0 Å². The molecule has 0 amide bonds. The zero-order valence-corrected chi connectivity index (χ0v) is 11.6. The quantitative estimate of drug-likeness (QED) is 0.919. The largest absolute Gasteiger partial charge is 0.493 e. The molecular weight excluding hydrogens is 245 g/mol. The number of rotatable bonds is 4. The smallest absolute Gasteiger partial charge is 0.161 e. The fourth-order valence-corrected chi connectivity index (χ4v) is 2.28. The van der Waals surface area contributed by atoms with E-state index < -0.39 is 0 Å². The van der Waals surface area contributed by atoms with Gasteiger partial charge in [0.25, 0.3) is 0 Å². The monoisotopic (exact) mass is 263 g/mol. The summed E-state index contributed by atoms with van der Waals surface area (Å²) >= 11 is 0. The highest BCUT2D eigenvalue weighted by Gasteiger charge is 2.22. The number of methoxy groups -OCH3 is 1. The first-order valence-electron chi connectivity index (χ1n) is 6.07. The van der Waals surface area contributed by atoms with Crippen LogP contribution in [0.1, 0.15) is 22.9 Å². The number of halogens is 1. The molecule has 1 unspecified atom stereocenters. The van der Waals surface area contributed by atoms with Crippen LogP contribution in [-0.4, -0.2) is 23.9 Å². The number of aromatic nitrogens is 2. The number of aryl methyl sites for hydroxylation is 2. The Kier molecular flexibility index (Phi) is 3.85. The Balaban J connectivity index is 2.56. The first-order valence-corrected chi connectivity index (χ1v) is 6.07. The Morgan fingerprint density at radius 1 is 1.42 bits per heavy atom. The van der Waals surface area contributed by atoms with Gasteiger partial charge in [0.2, 0.25) is 0 Å². The molecule has 19 heavy (non-hydrogen) atoms. The third kappa shape index (κ3) is 2.46. The topological polar surface area (TPSA) is 39.1 Å². The van der Waals surface area contributed by atoms with Crippen LogP contribution in [0.25, 0.3) is 0 Å². The third-order valence-corrected chi connectivity index (χ3v) is 3.28. The molecule has 0 aliphatic rings. The molecule has 0 spiro atoms. The predicted molar refractivity (Wildman–Crippen MR) is 71.8 cm³/mol. The number of benzene rings is 1. The van der Waals surface area contributed by atoms with Crippen LogP contribution in [0.15, 0.2) is 24.4 Å². The highest BCUT2D eigenvalue weighted by molar-refractivity contribution is 5.40. The molecule has 4 nitrogen and oxygen atoms in total. The molecule has 1 heterocycles. The average molecular weight is 263 g/mol. The summed E-state index contributed by atoms with van der Waals surface area (Å²) in [7, 11) is 5.28. The minimum atomic E-state index is -0.248. The first kappa shape index (κ1) is 13.5. The van der Waals surface area contributed by atoms with Gasteiger partial charge in [0.1, 0.15) is 11.5 Å². The molecule has 1 atom stereocenters. The lowest BCUT2D eigenvalue weighted by molar-refractivity contribution is 0.402. The summed E-state index contributed by atoms with van der Waals surface area (Å²) in [4.78, 5) is 0. The van der Waals surface area contributed by atoms with Crippen molar-refractivity contribution in [2.45, 2.75) is 13.0 Å². The number of nitrogens with zero attached hydrogens (tertiary/aromatic N) is 2. The van der Waals surface area contributed by atoms with Crippen molar-refractivity contribution in [3.05, 3.63) is 47.0 Å². The molecule has 1 N–H and O–H groups in total. The SMILES string of the molecule is CNC(c1cc(F)ccc1C)c1c(OC)cnn1C. The molecule has 2 aromatic rings. The fourth-order valence-electron chi connectivity index (χ4n) is 2.28. The standard InChI is InChI=1S/C14H18FN3O/c1-9-5-6-10(15)7-11(9)13(16-2)14-12(19-4)8-17-18(14)3/h5-8,13,16H,1-4H3. The average Bonchev–Trinajstić information content (AvgIpc) is 2.76. The Hall–Kier alpha value is -1.88. The van der Waals surface area contributed by atoms with Crippen LogP contribution in [0, 0.1) is 12.7 Å². The van der Waals surface area contributed by atoms with Crippen molar-refractivity contribution in [2.75, 3.05) is 14.2 Å². The van der Waals surface area contributed by atoms with Gasteiger partial charge in [-0.05, 0) is 37.2 Å². The van der Waals surface area contributed by atoms with Gasteiger partial charge in [0.05, 0.1) is 19.3 Å². The van der Waals surface area contributed by atoms with E-state index in [4.69, 9.17) is 4.74 Å². The van der Waals surface area contributed by atoms with Crippen LogP contribution in [-0.2, 0) is 7.05 Å². The molecule has 0 bridgehead atoms. The van der Waals surface area contributed by atoms with Crippen molar-refractivity contribution in [1.82, 2.24) is 15.1 Å². The molecule has 1 aromatic carbocycles. The first-order chi connectivity index (χ1) is 9.08. The van der Waals surface area contributed by atoms with Gasteiger partial charge in [-0.2, -0.15) is 5.10 Å². The highest BCUT2D eigenvalue weighted by Crippen LogP contribution is 2.31. The Labute approximate surface area is 112 Å². The van der Waals surface area contributed by atoms with Gasteiger partial charge in [-0.25, -0.2) is 4.39 Å². The molecule has 0 aliphatic heterocycles. The molecule has 5 heteroatoms. The second-order valence-electron chi connectivity index (χ2n) is 4.44. The zero-order valence-electron chi connectivity index (χ0n) is 11.6. The van der Waals surface area contributed by atoms with E-state index in [1.165, 1.54) is 6.07 Å². The van der Waals surface area contributed by atoms with E-state index in [0.717, 1.165) is 16.8 Å². The van der Waals surface area contributed by atoms with Gasteiger partial charge in [0, 0.05) is 7.05 Å². The van der Waals surface area contributed by atoms with E-state index in [2.05, 4.69) is 10.4 Å². The summed E-state index contributed by atoms with van der Waals surface area (Å²) in [5.41, 5.74) is 2.77. The molecule has 0 saturated heterocycles. The van der Waals surface area contributed by atoms with E-state index in [9.17, 15) is 4.39 Å². The molecule has 0 aliphatic carbocycles. The zero-order chi connectivity index (χ0) is 14.0. The van der Waals surface area contributed by atoms with E-state index in [-0.39, 0.29) is 11.9 Å². The molecule has 0 saturated carbocycles. The van der Waals surface area contributed by atoms with Crippen molar-refractivity contribution in [3.8, 4) is 5.75 Å². The molecule has 102 valence electrons. The van der Waals surface area contributed by atoms with Gasteiger partial charge in [0.15, 0.2) is 5.75 Å². The Morgan fingerprint density at radius 3 is 2.79 bits per heavy atom. The molecule has 0 radical (unpaired) electrons. The van der Waals surface area contributed by atoms with E-state index >= 15 is 0 Å². The van der Waals surface area contributed by atoms with Crippen LogP contribution in [0.2, 0.25) is 0 Å². The van der Waals surface area contributed by atoms with Crippen LogP contribution < -0.4 is 10.1 Å². The lowest BCUT2D eigenvalue weighted by Gasteiger charge is -2.20. The van der Waals surface area contributed by atoms with Gasteiger partial charge in [-0.1, -0.05) is 6.07 Å². The summed E-state index contributed by atoms with van der Waals surface area (Å²) in [5, 5.41) is 7.39. The molecule has 1 aromatic heterocycles. The Morgan fingerprint density at radius 2 is 2.16 bits per heavy atom. The summed E-state index contributed by atoms with van der Waals surface area (Å²) in [5.74, 6) is 0.437. The summed E-state index contributed by atoms with van der Waals surface area (Å²) in [6.45, 7) is 1.96. The van der Waals surface area contributed by atoms with Gasteiger partial charge in [-0.15, -0.1) is 0 Å². The summed E-state index contributed by atoms with van der Waals surface area (Å²) in [6, 6.07) is 4.62. The van der Waals surface area contributed by atoms with E-state index in [1.54, 1.807) is 30.1 Å². The highest BCUT2D eigenvalue weighted by atomic mass is 19.1. The third-order valence-electron chi connectivity index (χ3n) is 3.28. The lowest BCUT2D eigenvalue weighted by Crippen LogP contribution is -2.22. The number of hydrogen-bond donors (Lipinski definition) is 1. The minimum absolute atomic E-state index is 0.168. The fraction of sp³-hybridized carbons (Fsp3) is 0.357. The number of ether oxygens (including phenoxy) is 1. The number of hydrogen-bond acceptors (Lipinski definition) is 3. The number of nitrogens with one attached hydrogen (secondary N) is 1. The maximum absolute atomic E-state index is 13.5. The summed E-state index contributed by atoms with van der Waals surface area (Å²) in [6.07, 6.45) is 1.66. The predicted octanol–water partition coefficient (Wildman–Crippen LogP) is 2.19. The second-order valence-corrected chi connectivity index (χ2v) is 4.44. The summed E-state index contributed by atoms with van der Waals surface area (Å²) < 4.78 is 20.6. The molecule has 2 rings (SSSR count). The van der Waals surface area contributed by atoms with E-state index in [0.29, 0.717) is 5.75 Å². The van der Waals surface area contributed by atoms with Crippen molar-refractivity contribution < 1.29 is 9.13 Å². The van der Waals surface area contributed by atoms with Crippen LogP contribution in [0.4, 0.5) is 4.39 Å². The van der Waals surface area contributed by atoms with Crippen LogP contribution in [0.5, 0.6) is 5.75 Å². The van der Waals surface area contributed by atoms with E-state index in [1.807, 2.05) is 21.0 Å². The maximum atomic E-state index is 13.5. The van der Waals surface area contributed by atoms with Gasteiger partial charge >= 0.3 is 0 Å².